The third-order valence-corrected chi connectivity index (χ3v) is 9.47. The highest BCUT2D eigenvalue weighted by molar-refractivity contribution is 7.13. The van der Waals surface area contributed by atoms with Crippen molar-refractivity contribution in [3.05, 3.63) is 44.4 Å². The molecule has 0 bridgehead atoms. The fraction of sp³-hybridized carbons (Fsp3) is 0.576. The third-order valence-electron chi connectivity index (χ3n) is 8.52. The lowest BCUT2D eigenvalue weighted by Crippen LogP contribution is -2.34. The highest BCUT2D eigenvalue weighted by Crippen LogP contribution is 2.27. The van der Waals surface area contributed by atoms with E-state index >= 15 is 0 Å². The second kappa shape index (κ2) is 13.6. The van der Waals surface area contributed by atoms with Crippen LogP contribution in [0.25, 0.3) is 27.7 Å². The molecular formula is C33H45N5O4S. The maximum absolute atomic E-state index is 14.0. The van der Waals surface area contributed by atoms with Crippen LogP contribution in [0.5, 0.6) is 0 Å². The van der Waals surface area contributed by atoms with Crippen molar-refractivity contribution in [3.8, 4) is 0 Å². The lowest BCUT2D eigenvalue weighted by molar-refractivity contribution is 0.0607. The van der Waals surface area contributed by atoms with Gasteiger partial charge in [0.2, 0.25) is 5.78 Å². The summed E-state index contributed by atoms with van der Waals surface area (Å²) >= 11 is 1.18. The fourth-order valence-corrected chi connectivity index (χ4v) is 6.88. The standard InChI is InChI=1S/C33H45N5O4S/c1-22(2)12-18-36(19-13-23(3)4)30(39)24-10-11-26-27(20-24)37(17-9-16-35-14-7-6-8-15-35)33-34-25-21-43-29(32(41)42-5)28(25)31(40)38(26)33/h10-11,20-23H,6-9,12-19H2,1-5H3. The molecule has 5 rings (SSSR count). The number of esters is 1. The molecule has 3 aromatic heterocycles. The molecule has 4 aromatic rings. The number of methoxy groups -OCH3 is 1. The summed E-state index contributed by atoms with van der Waals surface area (Å²) in [4.78, 5) is 50.0. The van der Waals surface area contributed by atoms with Gasteiger partial charge in [-0.2, -0.15) is 0 Å². The number of hydrogen-bond donors (Lipinski definition) is 0. The molecule has 0 saturated carbocycles. The summed E-state index contributed by atoms with van der Waals surface area (Å²) in [7, 11) is 1.32. The van der Waals surface area contributed by atoms with Crippen LogP contribution >= 0.6 is 11.3 Å². The maximum atomic E-state index is 14.0. The number of thiophene rings is 1. The topological polar surface area (TPSA) is 89.2 Å². The molecule has 232 valence electrons. The van der Waals surface area contributed by atoms with Crippen LogP contribution in [-0.2, 0) is 11.3 Å². The second-order valence-corrected chi connectivity index (χ2v) is 13.5. The summed E-state index contributed by atoms with van der Waals surface area (Å²) in [5.41, 5.74) is 2.29. The average Bonchev–Trinajstić information content (AvgIpc) is 3.56. The van der Waals surface area contributed by atoms with Gasteiger partial charge < -0.3 is 19.1 Å². The van der Waals surface area contributed by atoms with Gasteiger partial charge in [-0.05, 0) is 81.8 Å². The van der Waals surface area contributed by atoms with Crippen molar-refractivity contribution < 1.29 is 14.3 Å². The number of carbonyl (C=O) groups excluding carboxylic acids is 2. The molecule has 0 spiro atoms. The molecule has 9 nitrogen and oxygen atoms in total. The quantitative estimate of drug-likeness (QED) is 0.182. The Balaban J connectivity index is 1.60. The number of ether oxygens (including phenoxy) is 1. The van der Waals surface area contributed by atoms with Crippen LogP contribution in [0.2, 0.25) is 0 Å². The molecule has 1 aliphatic heterocycles. The molecule has 0 unspecified atom stereocenters. The van der Waals surface area contributed by atoms with Gasteiger partial charge in [-0.25, -0.2) is 14.2 Å². The summed E-state index contributed by atoms with van der Waals surface area (Å²) in [6.45, 7) is 14.0. The number of piperidine rings is 1. The van der Waals surface area contributed by atoms with Crippen LogP contribution < -0.4 is 5.56 Å². The molecule has 4 heterocycles. The second-order valence-electron chi connectivity index (χ2n) is 12.6. The van der Waals surface area contributed by atoms with E-state index in [1.807, 2.05) is 23.1 Å². The van der Waals surface area contributed by atoms with Crippen molar-refractivity contribution in [2.24, 2.45) is 11.8 Å². The molecule has 1 aromatic carbocycles. The van der Waals surface area contributed by atoms with Gasteiger partial charge >= 0.3 is 5.97 Å². The van der Waals surface area contributed by atoms with Gasteiger partial charge in [-0.1, -0.05) is 34.1 Å². The first-order valence-corrected chi connectivity index (χ1v) is 16.6. The average molecular weight is 608 g/mol. The highest BCUT2D eigenvalue weighted by atomic mass is 32.1. The van der Waals surface area contributed by atoms with Crippen LogP contribution in [0.3, 0.4) is 0 Å². The van der Waals surface area contributed by atoms with E-state index in [1.165, 1.54) is 37.7 Å². The zero-order chi connectivity index (χ0) is 30.7. The van der Waals surface area contributed by atoms with Gasteiger partial charge in [0.25, 0.3) is 11.5 Å². The van der Waals surface area contributed by atoms with E-state index in [1.54, 1.807) is 9.78 Å². The van der Waals surface area contributed by atoms with E-state index in [2.05, 4.69) is 37.2 Å². The number of hydrogen-bond acceptors (Lipinski definition) is 7. The number of rotatable bonds is 12. The predicted molar refractivity (Wildman–Crippen MR) is 173 cm³/mol. The molecular weight excluding hydrogens is 562 g/mol. The van der Waals surface area contributed by atoms with Gasteiger partial charge in [0.1, 0.15) is 4.88 Å². The molecule has 1 aliphatic rings. The zero-order valence-electron chi connectivity index (χ0n) is 26.2. The van der Waals surface area contributed by atoms with Gasteiger partial charge in [-0.3, -0.25) is 9.59 Å². The number of fused-ring (bicyclic) bond motifs is 4. The first-order valence-electron chi connectivity index (χ1n) is 15.8. The first-order chi connectivity index (χ1) is 20.7. The molecule has 43 heavy (non-hydrogen) atoms. The predicted octanol–water partition coefficient (Wildman–Crippen LogP) is 6.06. The number of likely N-dealkylation sites (tertiary alicyclic amines) is 1. The summed E-state index contributed by atoms with van der Waals surface area (Å²) in [5.74, 6) is 1.00. The van der Waals surface area contributed by atoms with Crippen molar-refractivity contribution in [2.75, 3.05) is 39.8 Å². The Labute approximate surface area is 257 Å². The van der Waals surface area contributed by atoms with Crippen LogP contribution in [0.15, 0.2) is 28.4 Å². The number of carbonyl (C=O) groups is 2. The van der Waals surface area contributed by atoms with Crippen molar-refractivity contribution in [1.29, 1.82) is 0 Å². The number of imidazole rings is 1. The number of benzene rings is 1. The monoisotopic (exact) mass is 607 g/mol. The summed E-state index contributed by atoms with van der Waals surface area (Å²) in [6.07, 6.45) is 6.56. The Bertz CT molecular complexity index is 1650. The Morgan fingerprint density at radius 3 is 2.35 bits per heavy atom. The van der Waals surface area contributed by atoms with Crippen LogP contribution in [-0.4, -0.2) is 75.5 Å². The van der Waals surface area contributed by atoms with Gasteiger partial charge in [0.15, 0.2) is 0 Å². The summed E-state index contributed by atoms with van der Waals surface area (Å²) in [5, 5.41) is 2.02. The summed E-state index contributed by atoms with van der Waals surface area (Å²) < 4.78 is 8.63. The van der Waals surface area contributed by atoms with E-state index in [0.29, 0.717) is 53.8 Å². The Kier molecular flexibility index (Phi) is 9.86. The largest absolute Gasteiger partial charge is 0.465 e. The van der Waals surface area contributed by atoms with Gasteiger partial charge in [-0.15, -0.1) is 11.3 Å². The lowest BCUT2D eigenvalue weighted by Gasteiger charge is -2.26. The van der Waals surface area contributed by atoms with Gasteiger partial charge in [0.05, 0.1) is 29.0 Å². The molecule has 1 fully saturated rings. The summed E-state index contributed by atoms with van der Waals surface area (Å²) in [6, 6.07) is 5.61. The van der Waals surface area contributed by atoms with Crippen molar-refractivity contribution in [3.63, 3.8) is 0 Å². The van der Waals surface area contributed by atoms with E-state index in [0.717, 1.165) is 44.4 Å². The number of amides is 1. The molecule has 0 aliphatic carbocycles. The molecule has 0 atom stereocenters. The number of aryl methyl sites for hydroxylation is 1. The van der Waals surface area contributed by atoms with Crippen LogP contribution in [0, 0.1) is 11.8 Å². The first kappa shape index (κ1) is 31.2. The van der Waals surface area contributed by atoms with E-state index in [-0.39, 0.29) is 21.7 Å². The molecule has 1 amide bonds. The molecule has 10 heteroatoms. The molecule has 0 N–H and O–H groups in total. The minimum Gasteiger partial charge on any atom is -0.465 e. The van der Waals surface area contributed by atoms with E-state index in [4.69, 9.17) is 9.72 Å². The fourth-order valence-electron chi connectivity index (χ4n) is 5.99. The van der Waals surface area contributed by atoms with Crippen molar-refractivity contribution in [1.82, 2.24) is 23.8 Å². The van der Waals surface area contributed by atoms with Crippen molar-refractivity contribution >= 4 is 50.9 Å². The number of nitrogens with zero attached hydrogens (tertiary/aromatic N) is 5. The third kappa shape index (κ3) is 6.65. The molecule has 0 radical (unpaired) electrons. The minimum absolute atomic E-state index is 0.0159. The zero-order valence-corrected chi connectivity index (χ0v) is 27.0. The molecule has 1 saturated heterocycles. The highest BCUT2D eigenvalue weighted by Gasteiger charge is 2.24. The SMILES string of the molecule is COC(=O)c1scc2nc3n(CCCN4CCCCC4)c4cc(C(=O)N(CCC(C)C)CCC(C)C)ccc4n3c(=O)c12. The van der Waals surface area contributed by atoms with E-state index < -0.39 is 5.97 Å². The van der Waals surface area contributed by atoms with Crippen LogP contribution in [0.1, 0.15) is 86.2 Å². The van der Waals surface area contributed by atoms with Crippen LogP contribution in [0.4, 0.5) is 0 Å². The number of aromatic nitrogens is 3. The Hall–Kier alpha value is -3.24. The smallest absolute Gasteiger partial charge is 0.348 e. The van der Waals surface area contributed by atoms with Crippen molar-refractivity contribution in [2.45, 2.75) is 72.8 Å². The Morgan fingerprint density at radius 2 is 1.70 bits per heavy atom. The maximum Gasteiger partial charge on any atom is 0.348 e. The lowest BCUT2D eigenvalue weighted by atomic mass is 10.1. The normalized spacial score (nSPS) is 14.5. The minimum atomic E-state index is -0.542. The van der Waals surface area contributed by atoms with E-state index in [9.17, 15) is 14.4 Å². The Morgan fingerprint density at radius 1 is 1.00 bits per heavy atom. The van der Waals surface area contributed by atoms with Gasteiger partial charge in [0, 0.05) is 30.6 Å².